The van der Waals surface area contributed by atoms with Gasteiger partial charge in [0, 0.05) is 13.6 Å². The summed E-state index contributed by atoms with van der Waals surface area (Å²) in [4.78, 5) is 5.55. The van der Waals surface area contributed by atoms with Crippen LogP contribution in [0.1, 0.15) is 110 Å². The first kappa shape index (κ1) is 24.7. The zero-order chi connectivity index (χ0) is 19.5. The summed E-state index contributed by atoms with van der Waals surface area (Å²) in [6.07, 6.45) is 21.9. The van der Waals surface area contributed by atoms with Crippen molar-refractivity contribution in [3.63, 3.8) is 0 Å². The van der Waals surface area contributed by atoms with Crippen LogP contribution in [0.15, 0.2) is 4.99 Å². The van der Waals surface area contributed by atoms with Crippen LogP contribution in [-0.4, -0.2) is 30.4 Å². The van der Waals surface area contributed by atoms with Crippen LogP contribution in [0.3, 0.4) is 0 Å². The molecule has 0 spiro atoms. The number of guanidine groups is 2. The van der Waals surface area contributed by atoms with E-state index in [2.05, 4.69) is 11.9 Å². The summed E-state index contributed by atoms with van der Waals surface area (Å²) < 4.78 is 0. The maximum atomic E-state index is 7.69. The molecule has 0 aromatic carbocycles. The van der Waals surface area contributed by atoms with E-state index < -0.39 is 0 Å². The van der Waals surface area contributed by atoms with Crippen molar-refractivity contribution < 1.29 is 0 Å². The maximum Gasteiger partial charge on any atom is 0.220 e. The molecular formula is C21H45N5. The zero-order valence-electron chi connectivity index (χ0n) is 17.6. The van der Waals surface area contributed by atoms with E-state index >= 15 is 0 Å². The van der Waals surface area contributed by atoms with Gasteiger partial charge in [0.1, 0.15) is 0 Å². The van der Waals surface area contributed by atoms with Crippen LogP contribution in [0.2, 0.25) is 0 Å². The van der Waals surface area contributed by atoms with Gasteiger partial charge in [-0.05, 0) is 6.42 Å². The molecule has 0 aromatic heterocycles. The van der Waals surface area contributed by atoms with Gasteiger partial charge in [0.25, 0.3) is 0 Å². The third-order valence-corrected chi connectivity index (χ3v) is 4.94. The molecule has 0 rings (SSSR count). The highest BCUT2D eigenvalue weighted by molar-refractivity contribution is 5.91. The van der Waals surface area contributed by atoms with Crippen molar-refractivity contribution in [3.05, 3.63) is 0 Å². The average molecular weight is 368 g/mol. The summed E-state index contributed by atoms with van der Waals surface area (Å²) in [6, 6.07) is 0. The van der Waals surface area contributed by atoms with Gasteiger partial charge in [-0.2, -0.15) is 4.99 Å². The van der Waals surface area contributed by atoms with Gasteiger partial charge in [-0.15, -0.1) is 0 Å². The topological polar surface area (TPSA) is 91.5 Å². The van der Waals surface area contributed by atoms with Crippen LogP contribution in [0.4, 0.5) is 0 Å². The normalized spacial score (nSPS) is 10.7. The SMILES string of the molecule is CCCCCCCCCCCCCCCCCCN(C)C(=N)N=C(N)N. The Hall–Kier alpha value is -1.26. The van der Waals surface area contributed by atoms with Gasteiger partial charge in [0.2, 0.25) is 5.96 Å². The summed E-state index contributed by atoms with van der Waals surface area (Å²) in [5.74, 6) is 0.0970. The number of nitrogens with zero attached hydrogens (tertiary/aromatic N) is 2. The molecule has 0 heterocycles. The lowest BCUT2D eigenvalue weighted by atomic mass is 10.0. The molecule has 5 N–H and O–H groups in total. The van der Waals surface area contributed by atoms with Crippen molar-refractivity contribution >= 4 is 11.9 Å². The molecule has 0 saturated heterocycles. The molecule has 0 aliphatic rings. The molecule has 0 bridgehead atoms. The summed E-state index contributed by atoms with van der Waals surface area (Å²) in [6.45, 7) is 3.12. The lowest BCUT2D eigenvalue weighted by Gasteiger charge is -2.16. The highest BCUT2D eigenvalue weighted by Crippen LogP contribution is 2.13. The minimum absolute atomic E-state index is 0.0474. The third-order valence-electron chi connectivity index (χ3n) is 4.94. The number of nitrogens with one attached hydrogen (secondary N) is 1. The quantitative estimate of drug-likeness (QED) is 0.183. The van der Waals surface area contributed by atoms with Gasteiger partial charge >= 0.3 is 0 Å². The van der Waals surface area contributed by atoms with Crippen molar-refractivity contribution in [1.82, 2.24) is 4.90 Å². The zero-order valence-corrected chi connectivity index (χ0v) is 17.6. The molecule has 0 amide bonds. The van der Waals surface area contributed by atoms with E-state index in [1.165, 1.54) is 96.3 Å². The monoisotopic (exact) mass is 367 g/mol. The fraction of sp³-hybridized carbons (Fsp3) is 0.905. The van der Waals surface area contributed by atoms with Gasteiger partial charge in [-0.3, -0.25) is 5.41 Å². The largest absolute Gasteiger partial charge is 0.370 e. The van der Waals surface area contributed by atoms with Gasteiger partial charge in [-0.1, -0.05) is 103 Å². The number of unbranched alkanes of at least 4 members (excludes halogenated alkanes) is 15. The Morgan fingerprint density at radius 3 is 1.38 bits per heavy atom. The molecule has 0 aromatic rings. The summed E-state index contributed by atoms with van der Waals surface area (Å²) in [5, 5.41) is 7.69. The minimum atomic E-state index is -0.0474. The van der Waals surface area contributed by atoms with E-state index in [4.69, 9.17) is 16.9 Å². The van der Waals surface area contributed by atoms with Crippen molar-refractivity contribution in [3.8, 4) is 0 Å². The van der Waals surface area contributed by atoms with E-state index in [-0.39, 0.29) is 11.9 Å². The smallest absolute Gasteiger partial charge is 0.220 e. The Kier molecular flexibility index (Phi) is 17.6. The average Bonchev–Trinajstić information content (AvgIpc) is 2.60. The number of rotatable bonds is 17. The van der Waals surface area contributed by atoms with Crippen LogP contribution in [0.25, 0.3) is 0 Å². The Balaban J connectivity index is 3.22. The molecule has 0 radical (unpaired) electrons. The summed E-state index contributed by atoms with van der Waals surface area (Å²) in [5.41, 5.74) is 10.6. The number of nitrogens with two attached hydrogens (primary N) is 2. The van der Waals surface area contributed by atoms with E-state index in [1.54, 1.807) is 4.90 Å². The molecule has 5 nitrogen and oxygen atoms in total. The first-order valence-electron chi connectivity index (χ1n) is 11.0. The molecule has 5 heteroatoms. The second-order valence-corrected chi connectivity index (χ2v) is 7.59. The minimum Gasteiger partial charge on any atom is -0.370 e. The molecule has 0 saturated carbocycles. The first-order valence-corrected chi connectivity index (χ1v) is 11.0. The Morgan fingerprint density at radius 1 is 0.692 bits per heavy atom. The fourth-order valence-corrected chi connectivity index (χ4v) is 3.21. The van der Waals surface area contributed by atoms with Crippen LogP contribution in [-0.2, 0) is 0 Å². The molecular weight excluding hydrogens is 322 g/mol. The van der Waals surface area contributed by atoms with Gasteiger partial charge in [0.05, 0.1) is 0 Å². The van der Waals surface area contributed by atoms with Crippen molar-refractivity contribution in [2.75, 3.05) is 13.6 Å². The predicted octanol–water partition coefficient (Wildman–Crippen LogP) is 5.39. The molecule has 154 valence electrons. The van der Waals surface area contributed by atoms with Crippen LogP contribution < -0.4 is 11.5 Å². The number of hydrogen-bond donors (Lipinski definition) is 3. The highest BCUT2D eigenvalue weighted by Gasteiger charge is 2.02. The molecule has 26 heavy (non-hydrogen) atoms. The van der Waals surface area contributed by atoms with E-state index in [1.807, 2.05) is 7.05 Å². The van der Waals surface area contributed by atoms with E-state index in [0.29, 0.717) is 0 Å². The van der Waals surface area contributed by atoms with Crippen molar-refractivity contribution in [2.24, 2.45) is 16.5 Å². The third kappa shape index (κ3) is 17.6. The molecule has 0 unspecified atom stereocenters. The Labute approximate surface area is 162 Å². The number of hydrogen-bond acceptors (Lipinski definition) is 1. The lowest BCUT2D eigenvalue weighted by Crippen LogP contribution is -2.31. The maximum absolute atomic E-state index is 7.69. The molecule has 0 fully saturated rings. The van der Waals surface area contributed by atoms with Gasteiger partial charge in [-0.25, -0.2) is 0 Å². The second-order valence-electron chi connectivity index (χ2n) is 7.59. The van der Waals surface area contributed by atoms with E-state index in [9.17, 15) is 0 Å². The van der Waals surface area contributed by atoms with Crippen molar-refractivity contribution in [1.29, 1.82) is 5.41 Å². The second kappa shape index (κ2) is 18.5. The molecule has 0 aliphatic heterocycles. The van der Waals surface area contributed by atoms with Crippen molar-refractivity contribution in [2.45, 2.75) is 110 Å². The van der Waals surface area contributed by atoms with Crippen LogP contribution in [0.5, 0.6) is 0 Å². The van der Waals surface area contributed by atoms with Gasteiger partial charge in [0.15, 0.2) is 5.96 Å². The Morgan fingerprint density at radius 2 is 1.04 bits per heavy atom. The van der Waals surface area contributed by atoms with E-state index in [0.717, 1.165) is 13.0 Å². The standard InChI is InChI=1S/C21H45N5/c1-3-4-5-6-7-8-9-10-11-12-13-14-15-16-17-18-19-26(2)21(24)25-20(22)23/h3-19H2,1-2H3,(H5,22,23,24,25). The summed E-state index contributed by atoms with van der Waals surface area (Å²) >= 11 is 0. The lowest BCUT2D eigenvalue weighted by molar-refractivity contribution is 0.457. The first-order chi connectivity index (χ1) is 12.6. The van der Waals surface area contributed by atoms with Crippen LogP contribution in [0, 0.1) is 5.41 Å². The Bertz CT molecular complexity index is 350. The van der Waals surface area contributed by atoms with Gasteiger partial charge < -0.3 is 16.4 Å². The molecule has 0 aliphatic carbocycles. The highest BCUT2D eigenvalue weighted by atomic mass is 15.2. The number of aliphatic imine (C=N–C) groups is 1. The molecule has 0 atom stereocenters. The predicted molar refractivity (Wildman–Crippen MR) is 116 cm³/mol. The summed E-state index contributed by atoms with van der Waals surface area (Å²) in [7, 11) is 1.86. The fourth-order valence-electron chi connectivity index (χ4n) is 3.21. The van der Waals surface area contributed by atoms with Crippen LogP contribution >= 0.6 is 0 Å².